The highest BCUT2D eigenvalue weighted by atomic mass is 79.9. The number of aromatic nitrogens is 2. The highest BCUT2D eigenvalue weighted by Gasteiger charge is 2.08. The van der Waals surface area contributed by atoms with Crippen molar-refractivity contribution < 1.29 is 4.74 Å². The van der Waals surface area contributed by atoms with Crippen molar-refractivity contribution in [2.24, 2.45) is 0 Å². The number of nitrogens with zero attached hydrogens (tertiary/aromatic N) is 2. The topological polar surface area (TPSA) is 47.0 Å². The van der Waals surface area contributed by atoms with Crippen LogP contribution < -0.4 is 10.1 Å². The average Bonchev–Trinajstić information content (AvgIpc) is 2.46. The fourth-order valence-corrected chi connectivity index (χ4v) is 2.08. The molecule has 2 rings (SSSR count). The molecule has 0 amide bonds. The van der Waals surface area contributed by atoms with E-state index in [2.05, 4.69) is 38.1 Å². The monoisotopic (exact) mass is 355 g/mol. The Balaban J connectivity index is 2.07. The third kappa shape index (κ3) is 4.08. The van der Waals surface area contributed by atoms with Crippen LogP contribution in [0.1, 0.15) is 18.9 Å². The van der Waals surface area contributed by atoms with Gasteiger partial charge in [-0.1, -0.05) is 52.7 Å². The van der Waals surface area contributed by atoms with Gasteiger partial charge in [-0.3, -0.25) is 0 Å². The van der Waals surface area contributed by atoms with Crippen LogP contribution in [0.2, 0.25) is 5.02 Å². The lowest BCUT2D eigenvalue weighted by atomic mass is 10.2. The van der Waals surface area contributed by atoms with E-state index in [0.717, 1.165) is 23.0 Å². The summed E-state index contributed by atoms with van der Waals surface area (Å²) in [5.41, 5.74) is 1.03. The van der Waals surface area contributed by atoms with Gasteiger partial charge in [-0.05, 0) is 12.5 Å². The minimum Gasteiger partial charge on any atom is -0.472 e. The molecule has 1 aromatic carbocycles. The molecule has 0 bridgehead atoms. The second-order valence-electron chi connectivity index (χ2n) is 4.15. The van der Waals surface area contributed by atoms with Gasteiger partial charge in [-0.15, -0.1) is 0 Å². The maximum Gasteiger partial charge on any atom is 0.237 e. The van der Waals surface area contributed by atoms with Crippen molar-refractivity contribution >= 4 is 33.5 Å². The van der Waals surface area contributed by atoms with Crippen LogP contribution in [-0.2, 0) is 6.61 Å². The van der Waals surface area contributed by atoms with E-state index in [1.807, 2.05) is 24.3 Å². The van der Waals surface area contributed by atoms with E-state index in [9.17, 15) is 0 Å². The summed E-state index contributed by atoms with van der Waals surface area (Å²) in [4.78, 5) is 8.37. The molecule has 1 N–H and O–H groups in total. The SMILES string of the molecule is CCCNc1ncc(Cl)c(OCc2ccccc2Br)n1. The molecular weight excluding hydrogens is 342 g/mol. The van der Waals surface area contributed by atoms with Crippen molar-refractivity contribution in [1.29, 1.82) is 0 Å². The quantitative estimate of drug-likeness (QED) is 0.838. The maximum absolute atomic E-state index is 6.05. The summed E-state index contributed by atoms with van der Waals surface area (Å²) >= 11 is 9.53. The molecule has 0 radical (unpaired) electrons. The molecule has 1 heterocycles. The van der Waals surface area contributed by atoms with Crippen molar-refractivity contribution in [2.75, 3.05) is 11.9 Å². The van der Waals surface area contributed by atoms with Gasteiger partial charge in [-0.25, -0.2) is 4.98 Å². The Morgan fingerprint density at radius 3 is 2.90 bits per heavy atom. The number of hydrogen-bond acceptors (Lipinski definition) is 4. The Hall–Kier alpha value is -1.33. The Morgan fingerprint density at radius 1 is 1.35 bits per heavy atom. The van der Waals surface area contributed by atoms with Gasteiger partial charge in [0.05, 0.1) is 6.20 Å². The van der Waals surface area contributed by atoms with Gasteiger partial charge in [0.25, 0.3) is 0 Å². The van der Waals surface area contributed by atoms with Crippen molar-refractivity contribution in [2.45, 2.75) is 20.0 Å². The molecule has 0 spiro atoms. The van der Waals surface area contributed by atoms with Crippen LogP contribution in [0, 0.1) is 0 Å². The molecule has 106 valence electrons. The molecule has 20 heavy (non-hydrogen) atoms. The lowest BCUT2D eigenvalue weighted by molar-refractivity contribution is 0.293. The van der Waals surface area contributed by atoms with Gasteiger partial charge in [0.2, 0.25) is 11.8 Å². The highest BCUT2D eigenvalue weighted by molar-refractivity contribution is 9.10. The standard InChI is InChI=1S/C14H15BrClN3O/c1-2-7-17-14-18-8-12(16)13(19-14)20-9-10-5-3-4-6-11(10)15/h3-6,8H,2,7,9H2,1H3,(H,17,18,19). The van der Waals surface area contributed by atoms with E-state index in [1.165, 1.54) is 0 Å². The van der Waals surface area contributed by atoms with Crippen LogP contribution in [0.25, 0.3) is 0 Å². The summed E-state index contributed by atoms with van der Waals surface area (Å²) in [6.07, 6.45) is 2.54. The summed E-state index contributed by atoms with van der Waals surface area (Å²) in [7, 11) is 0. The molecule has 0 saturated carbocycles. The van der Waals surface area contributed by atoms with Gasteiger partial charge in [0.15, 0.2) is 0 Å². The minimum atomic E-state index is 0.385. The molecule has 0 aliphatic carbocycles. The fourth-order valence-electron chi connectivity index (χ4n) is 1.54. The van der Waals surface area contributed by atoms with Crippen LogP contribution in [0.3, 0.4) is 0 Å². The molecular formula is C14H15BrClN3O. The number of rotatable bonds is 6. The lowest BCUT2D eigenvalue weighted by Crippen LogP contribution is -2.06. The first-order valence-electron chi connectivity index (χ1n) is 6.33. The molecule has 0 unspecified atom stereocenters. The van der Waals surface area contributed by atoms with E-state index >= 15 is 0 Å². The Bertz CT molecular complexity index is 580. The van der Waals surface area contributed by atoms with Gasteiger partial charge in [0, 0.05) is 16.6 Å². The Kier molecular flexibility index (Phi) is 5.61. The number of nitrogens with one attached hydrogen (secondary N) is 1. The third-order valence-corrected chi connectivity index (χ3v) is 3.60. The molecule has 4 nitrogen and oxygen atoms in total. The van der Waals surface area contributed by atoms with E-state index in [0.29, 0.717) is 23.5 Å². The van der Waals surface area contributed by atoms with E-state index < -0.39 is 0 Å². The van der Waals surface area contributed by atoms with Crippen molar-refractivity contribution in [3.05, 3.63) is 45.5 Å². The molecule has 0 fully saturated rings. The molecule has 0 saturated heterocycles. The number of halogens is 2. The second kappa shape index (κ2) is 7.45. The summed E-state index contributed by atoms with van der Waals surface area (Å²) in [6, 6.07) is 7.86. The maximum atomic E-state index is 6.05. The first kappa shape index (κ1) is 15.1. The predicted octanol–water partition coefficient (Wildman–Crippen LogP) is 4.29. The van der Waals surface area contributed by atoms with E-state index in [-0.39, 0.29) is 0 Å². The number of anilines is 1. The molecule has 0 atom stereocenters. The van der Waals surface area contributed by atoms with Crippen LogP contribution in [0.15, 0.2) is 34.9 Å². The molecule has 6 heteroatoms. The van der Waals surface area contributed by atoms with Gasteiger partial charge in [0.1, 0.15) is 11.6 Å². The van der Waals surface area contributed by atoms with Crippen molar-refractivity contribution in [3.8, 4) is 5.88 Å². The molecule has 2 aromatic rings. The molecule has 1 aromatic heterocycles. The van der Waals surface area contributed by atoms with Crippen molar-refractivity contribution in [1.82, 2.24) is 9.97 Å². The fraction of sp³-hybridized carbons (Fsp3) is 0.286. The van der Waals surface area contributed by atoms with Crippen LogP contribution in [-0.4, -0.2) is 16.5 Å². The molecule has 0 aliphatic heterocycles. The zero-order valence-corrected chi connectivity index (χ0v) is 13.4. The summed E-state index contributed by atoms with van der Waals surface area (Å²) in [6.45, 7) is 3.28. The zero-order valence-electron chi connectivity index (χ0n) is 11.1. The third-order valence-electron chi connectivity index (χ3n) is 2.57. The smallest absolute Gasteiger partial charge is 0.237 e. The number of benzene rings is 1. The summed E-state index contributed by atoms with van der Waals surface area (Å²) < 4.78 is 6.67. The normalized spacial score (nSPS) is 10.3. The largest absolute Gasteiger partial charge is 0.472 e. The average molecular weight is 357 g/mol. The van der Waals surface area contributed by atoms with Gasteiger partial charge < -0.3 is 10.1 Å². The van der Waals surface area contributed by atoms with Gasteiger partial charge in [-0.2, -0.15) is 4.98 Å². The van der Waals surface area contributed by atoms with Crippen LogP contribution in [0.5, 0.6) is 5.88 Å². The van der Waals surface area contributed by atoms with E-state index in [4.69, 9.17) is 16.3 Å². The Morgan fingerprint density at radius 2 is 2.15 bits per heavy atom. The Labute approximate surface area is 131 Å². The number of ether oxygens (including phenoxy) is 1. The minimum absolute atomic E-state index is 0.385. The zero-order chi connectivity index (χ0) is 14.4. The lowest BCUT2D eigenvalue weighted by Gasteiger charge is -2.10. The summed E-state index contributed by atoms with van der Waals surface area (Å²) in [5, 5.41) is 3.50. The van der Waals surface area contributed by atoms with Gasteiger partial charge >= 0.3 is 0 Å². The van der Waals surface area contributed by atoms with E-state index in [1.54, 1.807) is 6.20 Å². The van der Waals surface area contributed by atoms with Crippen LogP contribution >= 0.6 is 27.5 Å². The first-order chi connectivity index (χ1) is 9.70. The first-order valence-corrected chi connectivity index (χ1v) is 7.50. The second-order valence-corrected chi connectivity index (χ2v) is 5.42. The summed E-state index contributed by atoms with van der Waals surface area (Å²) in [5.74, 6) is 0.911. The number of hydrogen-bond donors (Lipinski definition) is 1. The highest BCUT2D eigenvalue weighted by Crippen LogP contribution is 2.24. The van der Waals surface area contributed by atoms with Crippen LogP contribution in [0.4, 0.5) is 5.95 Å². The predicted molar refractivity (Wildman–Crippen MR) is 84.3 cm³/mol. The molecule has 0 aliphatic rings. The van der Waals surface area contributed by atoms with Crippen molar-refractivity contribution in [3.63, 3.8) is 0 Å².